The Bertz CT molecular complexity index is 761. The fraction of sp³-hybridized carbons (Fsp3) is 0.696. The number of ether oxygens (including phenoxy) is 1. The largest absolute Gasteiger partial charge is 0.379 e. The predicted octanol–water partition coefficient (Wildman–Crippen LogP) is 2.33. The third-order valence-electron chi connectivity index (χ3n) is 7.85. The Kier molecular flexibility index (Phi) is 4.95. The second-order valence-corrected chi connectivity index (χ2v) is 9.72. The topological polar surface area (TPSA) is 48.1 Å². The molecule has 1 aromatic rings. The van der Waals surface area contributed by atoms with E-state index in [1.165, 1.54) is 24.1 Å². The Morgan fingerprint density at radius 1 is 1.21 bits per heavy atom. The van der Waals surface area contributed by atoms with Crippen LogP contribution in [0.25, 0.3) is 0 Å². The zero-order chi connectivity index (χ0) is 20.0. The summed E-state index contributed by atoms with van der Waals surface area (Å²) >= 11 is 0. The summed E-state index contributed by atoms with van der Waals surface area (Å²) < 4.78 is 5.86. The molecule has 4 aliphatic rings. The van der Waals surface area contributed by atoms with Crippen LogP contribution in [0.15, 0.2) is 24.3 Å². The van der Waals surface area contributed by atoms with Crippen molar-refractivity contribution in [2.45, 2.75) is 38.3 Å². The number of fused-ring (bicyclic) bond motifs is 2. The number of hydrogen-bond acceptors (Lipinski definition) is 4. The number of benzene rings is 1. The minimum absolute atomic E-state index is 0.123. The number of nitrogens with one attached hydrogen (secondary N) is 1. The molecule has 0 aromatic heterocycles. The zero-order valence-corrected chi connectivity index (χ0v) is 17.8. The minimum Gasteiger partial charge on any atom is -0.379 e. The van der Waals surface area contributed by atoms with Crippen LogP contribution < -0.4 is 10.2 Å². The highest BCUT2D eigenvalue weighted by molar-refractivity contribution is 5.76. The van der Waals surface area contributed by atoms with Gasteiger partial charge in [-0.15, -0.1) is 0 Å². The lowest BCUT2D eigenvalue weighted by atomic mass is 9.70. The number of carbonyl (C=O) groups excluding carboxylic acids is 1. The molecule has 5 rings (SSSR count). The first-order chi connectivity index (χ1) is 14.0. The maximum atomic E-state index is 13.3. The van der Waals surface area contributed by atoms with Gasteiger partial charge in [-0.1, -0.05) is 12.1 Å². The molecule has 1 unspecified atom stereocenters. The first-order valence-corrected chi connectivity index (χ1v) is 11.2. The Balaban J connectivity index is 1.23. The van der Waals surface area contributed by atoms with E-state index in [9.17, 15) is 4.79 Å². The van der Waals surface area contributed by atoms with Crippen molar-refractivity contribution in [3.63, 3.8) is 0 Å². The van der Waals surface area contributed by atoms with Crippen LogP contribution in [0, 0.1) is 18.3 Å². The maximum absolute atomic E-state index is 13.3. The third kappa shape index (κ3) is 3.50. The molecule has 4 aliphatic heterocycles. The van der Waals surface area contributed by atoms with Gasteiger partial charge in [0.1, 0.15) is 0 Å². The summed E-state index contributed by atoms with van der Waals surface area (Å²) in [6, 6.07) is 9.24. The van der Waals surface area contributed by atoms with Gasteiger partial charge in [0, 0.05) is 37.3 Å². The van der Waals surface area contributed by atoms with Gasteiger partial charge >= 0.3 is 6.03 Å². The van der Waals surface area contributed by atoms with Crippen molar-refractivity contribution in [1.82, 2.24) is 15.1 Å². The van der Waals surface area contributed by atoms with Gasteiger partial charge in [-0.3, -0.25) is 0 Å². The fourth-order valence-electron chi connectivity index (χ4n) is 6.02. The van der Waals surface area contributed by atoms with Gasteiger partial charge in [0.05, 0.1) is 19.3 Å². The van der Waals surface area contributed by atoms with Crippen molar-refractivity contribution in [3.05, 3.63) is 29.8 Å². The number of hydrogen-bond donors (Lipinski definition) is 1. The van der Waals surface area contributed by atoms with Crippen molar-refractivity contribution >= 4 is 11.7 Å². The van der Waals surface area contributed by atoms with Crippen LogP contribution in [-0.2, 0) is 4.74 Å². The van der Waals surface area contributed by atoms with Crippen molar-refractivity contribution < 1.29 is 9.53 Å². The normalized spacial score (nSPS) is 31.4. The first kappa shape index (κ1) is 19.2. The van der Waals surface area contributed by atoms with E-state index < -0.39 is 0 Å². The molecule has 2 amide bonds. The van der Waals surface area contributed by atoms with E-state index in [1.54, 1.807) is 0 Å². The van der Waals surface area contributed by atoms with Crippen LogP contribution >= 0.6 is 0 Å². The maximum Gasteiger partial charge on any atom is 0.318 e. The molecule has 4 fully saturated rings. The fourth-order valence-corrected chi connectivity index (χ4v) is 6.02. The number of anilines is 1. The summed E-state index contributed by atoms with van der Waals surface area (Å²) in [5.41, 5.74) is 2.80. The lowest BCUT2D eigenvalue weighted by Gasteiger charge is -2.40. The van der Waals surface area contributed by atoms with Gasteiger partial charge in [-0.05, 0) is 69.4 Å². The molecule has 0 saturated carbocycles. The van der Waals surface area contributed by atoms with Gasteiger partial charge in [-0.2, -0.15) is 0 Å². The molecule has 4 saturated heterocycles. The van der Waals surface area contributed by atoms with Crippen molar-refractivity contribution in [2.24, 2.45) is 11.3 Å². The summed E-state index contributed by atoms with van der Waals surface area (Å²) in [6.07, 6.45) is 3.37. The SMILES string of the molecule is Cc1cccc(N2CCC(NC(=O)N3CC4(CCN(C)CC4)[C@H]4COC[C@H]43)C2)c1. The number of carbonyl (C=O) groups is 1. The summed E-state index contributed by atoms with van der Waals surface area (Å²) in [6.45, 7) is 8.71. The molecule has 6 heteroatoms. The Morgan fingerprint density at radius 3 is 2.83 bits per heavy atom. The number of amides is 2. The summed E-state index contributed by atoms with van der Waals surface area (Å²) in [4.78, 5) is 20.2. The number of piperidine rings is 1. The number of rotatable bonds is 2. The predicted molar refractivity (Wildman–Crippen MR) is 114 cm³/mol. The molecule has 6 nitrogen and oxygen atoms in total. The molecule has 1 aromatic carbocycles. The molecule has 158 valence electrons. The molecule has 29 heavy (non-hydrogen) atoms. The van der Waals surface area contributed by atoms with Gasteiger partial charge in [0.2, 0.25) is 0 Å². The van der Waals surface area contributed by atoms with Crippen LogP contribution in [0.5, 0.6) is 0 Å². The number of urea groups is 1. The standard InChI is InChI=1S/C23H34N4O2/c1-17-4-3-5-19(12-17)26-9-6-18(13-26)24-22(28)27-16-23(7-10-25(2)11-8-23)20-14-29-15-21(20)27/h3-5,12,18,20-21H,6-11,13-16H2,1-2H3,(H,24,28)/t18?,20-,21+/m0/s1. The van der Waals surface area contributed by atoms with E-state index in [-0.39, 0.29) is 23.5 Å². The highest BCUT2D eigenvalue weighted by Gasteiger charge is 2.56. The first-order valence-electron chi connectivity index (χ1n) is 11.2. The van der Waals surface area contributed by atoms with Crippen LogP contribution in [0.3, 0.4) is 0 Å². The average molecular weight is 399 g/mol. The smallest absolute Gasteiger partial charge is 0.318 e. The van der Waals surface area contributed by atoms with E-state index in [2.05, 4.69) is 58.3 Å². The third-order valence-corrected chi connectivity index (χ3v) is 7.85. The summed E-state index contributed by atoms with van der Waals surface area (Å²) in [7, 11) is 2.20. The second-order valence-electron chi connectivity index (χ2n) is 9.72. The molecule has 1 N–H and O–H groups in total. The van der Waals surface area contributed by atoms with Gasteiger partial charge in [-0.25, -0.2) is 4.79 Å². The molecular formula is C23H34N4O2. The zero-order valence-electron chi connectivity index (χ0n) is 17.8. The molecule has 4 heterocycles. The molecule has 0 bridgehead atoms. The van der Waals surface area contributed by atoms with E-state index in [4.69, 9.17) is 4.74 Å². The van der Waals surface area contributed by atoms with E-state index in [1.807, 2.05) is 0 Å². The summed E-state index contributed by atoms with van der Waals surface area (Å²) in [5.74, 6) is 0.509. The Labute approximate surface area is 174 Å². The van der Waals surface area contributed by atoms with Gasteiger partial charge in [0.15, 0.2) is 0 Å². The second kappa shape index (κ2) is 7.47. The van der Waals surface area contributed by atoms with E-state index in [0.717, 1.165) is 45.8 Å². The average Bonchev–Trinajstić information content (AvgIpc) is 3.42. The monoisotopic (exact) mass is 398 g/mol. The molecule has 3 atom stereocenters. The van der Waals surface area contributed by atoms with Crippen LogP contribution in [0.4, 0.5) is 10.5 Å². The molecular weight excluding hydrogens is 364 g/mol. The van der Waals surface area contributed by atoms with Crippen molar-refractivity contribution in [1.29, 1.82) is 0 Å². The minimum atomic E-state index is 0.123. The van der Waals surface area contributed by atoms with Crippen LogP contribution in [0.1, 0.15) is 24.8 Å². The molecule has 1 spiro atoms. The highest BCUT2D eigenvalue weighted by Crippen LogP contribution is 2.50. The lowest BCUT2D eigenvalue weighted by molar-refractivity contribution is 0.0616. The number of likely N-dealkylation sites (tertiary alicyclic amines) is 2. The van der Waals surface area contributed by atoms with Crippen molar-refractivity contribution in [3.8, 4) is 0 Å². The van der Waals surface area contributed by atoms with Crippen LogP contribution in [0.2, 0.25) is 0 Å². The Morgan fingerprint density at radius 2 is 2.03 bits per heavy atom. The summed E-state index contributed by atoms with van der Waals surface area (Å²) in [5, 5.41) is 3.36. The quantitative estimate of drug-likeness (QED) is 0.831. The van der Waals surface area contributed by atoms with Crippen molar-refractivity contribution in [2.75, 3.05) is 57.9 Å². The van der Waals surface area contributed by atoms with Gasteiger partial charge < -0.3 is 24.8 Å². The van der Waals surface area contributed by atoms with Crippen LogP contribution in [-0.4, -0.2) is 80.9 Å². The van der Waals surface area contributed by atoms with E-state index >= 15 is 0 Å². The molecule has 0 aliphatic carbocycles. The van der Waals surface area contributed by atoms with Gasteiger partial charge in [0.25, 0.3) is 0 Å². The lowest BCUT2D eigenvalue weighted by Crippen LogP contribution is -2.49. The number of nitrogens with zero attached hydrogens (tertiary/aromatic N) is 3. The molecule has 0 radical (unpaired) electrons. The Hall–Kier alpha value is -1.79. The number of aryl methyl sites for hydroxylation is 1. The van der Waals surface area contributed by atoms with E-state index in [0.29, 0.717) is 12.5 Å². The highest BCUT2D eigenvalue weighted by atomic mass is 16.5.